The molecule has 1 N–H and O–H groups in total. The molecular formula is C14H22N2O4S. The van der Waals surface area contributed by atoms with E-state index in [4.69, 9.17) is 9.47 Å². The Morgan fingerprint density at radius 3 is 2.76 bits per heavy atom. The number of nitrogens with zero attached hydrogens (tertiary/aromatic N) is 1. The van der Waals surface area contributed by atoms with Crippen LogP contribution in [-0.4, -0.2) is 39.5 Å². The number of fused-ring (bicyclic) bond motifs is 1. The van der Waals surface area contributed by atoms with E-state index in [-0.39, 0.29) is 12.6 Å². The van der Waals surface area contributed by atoms with Crippen LogP contribution in [-0.2, 0) is 23.2 Å². The molecule has 7 heteroatoms. The highest BCUT2D eigenvalue weighted by Gasteiger charge is 2.22. The van der Waals surface area contributed by atoms with Crippen molar-refractivity contribution in [1.29, 1.82) is 0 Å². The molecule has 21 heavy (non-hydrogen) atoms. The van der Waals surface area contributed by atoms with Gasteiger partial charge in [0.05, 0.1) is 6.61 Å². The van der Waals surface area contributed by atoms with E-state index >= 15 is 0 Å². The topological polar surface area (TPSA) is 67.9 Å². The van der Waals surface area contributed by atoms with Gasteiger partial charge in [0.2, 0.25) is 0 Å². The summed E-state index contributed by atoms with van der Waals surface area (Å²) in [6.07, 6.45) is 0.988. The zero-order chi connectivity index (χ0) is 15.6. The summed E-state index contributed by atoms with van der Waals surface area (Å²) >= 11 is 0. The second-order valence-electron chi connectivity index (χ2n) is 5.24. The minimum absolute atomic E-state index is 0.142. The number of benzene rings is 1. The van der Waals surface area contributed by atoms with Crippen LogP contribution in [0.4, 0.5) is 0 Å². The lowest BCUT2D eigenvalue weighted by Crippen LogP contribution is -2.35. The van der Waals surface area contributed by atoms with Gasteiger partial charge in [-0.2, -0.15) is 17.4 Å². The van der Waals surface area contributed by atoms with Gasteiger partial charge in [-0.05, 0) is 26.0 Å². The van der Waals surface area contributed by atoms with E-state index in [0.717, 1.165) is 27.6 Å². The highest BCUT2D eigenvalue weighted by atomic mass is 32.2. The van der Waals surface area contributed by atoms with Gasteiger partial charge in [-0.1, -0.05) is 0 Å². The molecule has 1 heterocycles. The van der Waals surface area contributed by atoms with E-state index < -0.39 is 10.2 Å². The van der Waals surface area contributed by atoms with Crippen molar-refractivity contribution in [3.05, 3.63) is 23.3 Å². The number of hydrogen-bond donors (Lipinski definition) is 1. The third-order valence-electron chi connectivity index (χ3n) is 3.30. The first kappa shape index (κ1) is 16.1. The van der Waals surface area contributed by atoms with E-state index in [0.29, 0.717) is 12.4 Å². The Balaban J connectivity index is 2.24. The zero-order valence-corrected chi connectivity index (χ0v) is 13.7. The first-order chi connectivity index (χ1) is 9.83. The van der Waals surface area contributed by atoms with Gasteiger partial charge in [0.1, 0.15) is 17.6 Å². The predicted octanol–water partition coefficient (Wildman–Crippen LogP) is 1.30. The summed E-state index contributed by atoms with van der Waals surface area (Å²) in [5, 5.41) is 0. The Kier molecular flexibility index (Phi) is 4.75. The molecule has 0 unspecified atom stereocenters. The van der Waals surface area contributed by atoms with E-state index in [9.17, 15) is 8.42 Å². The quantitative estimate of drug-likeness (QED) is 0.859. The largest absolute Gasteiger partial charge is 0.494 e. The Bertz CT molecular complexity index is 614. The molecule has 6 nitrogen and oxygen atoms in total. The molecule has 0 saturated carbocycles. The third kappa shape index (κ3) is 3.66. The minimum atomic E-state index is -3.47. The van der Waals surface area contributed by atoms with Crippen LogP contribution in [0.3, 0.4) is 0 Å². The van der Waals surface area contributed by atoms with E-state index in [2.05, 4.69) is 4.72 Å². The molecule has 0 bridgehead atoms. The first-order valence-corrected chi connectivity index (χ1v) is 8.40. The Labute approximate surface area is 126 Å². The maximum Gasteiger partial charge on any atom is 0.279 e. The lowest BCUT2D eigenvalue weighted by atomic mass is 10.1. The van der Waals surface area contributed by atoms with Gasteiger partial charge in [0.15, 0.2) is 0 Å². The Morgan fingerprint density at radius 1 is 1.43 bits per heavy atom. The molecule has 0 radical (unpaired) electrons. The van der Waals surface area contributed by atoms with E-state index in [1.165, 1.54) is 14.1 Å². The lowest BCUT2D eigenvalue weighted by Gasteiger charge is -2.15. The number of rotatable bonds is 6. The molecule has 0 spiro atoms. The second-order valence-corrected chi connectivity index (χ2v) is 7.21. The predicted molar refractivity (Wildman–Crippen MR) is 80.9 cm³/mol. The molecule has 1 aromatic carbocycles. The van der Waals surface area contributed by atoms with Gasteiger partial charge >= 0.3 is 0 Å². The Hall–Kier alpha value is -1.31. The molecule has 0 fully saturated rings. The van der Waals surface area contributed by atoms with Crippen LogP contribution in [0.25, 0.3) is 0 Å². The van der Waals surface area contributed by atoms with Gasteiger partial charge in [0, 0.05) is 38.2 Å². The summed E-state index contributed by atoms with van der Waals surface area (Å²) in [4.78, 5) is 0. The van der Waals surface area contributed by atoms with Crippen LogP contribution >= 0.6 is 0 Å². The summed E-state index contributed by atoms with van der Waals surface area (Å²) in [5.74, 6) is 1.51. The summed E-state index contributed by atoms with van der Waals surface area (Å²) in [6.45, 7) is 4.61. The van der Waals surface area contributed by atoms with Crippen molar-refractivity contribution in [3.8, 4) is 11.5 Å². The first-order valence-electron chi connectivity index (χ1n) is 6.96. The van der Waals surface area contributed by atoms with Gasteiger partial charge in [-0.25, -0.2) is 0 Å². The van der Waals surface area contributed by atoms with Crippen LogP contribution in [0.2, 0.25) is 0 Å². The van der Waals surface area contributed by atoms with Crippen molar-refractivity contribution in [2.75, 3.05) is 20.7 Å². The van der Waals surface area contributed by atoms with Crippen molar-refractivity contribution >= 4 is 10.2 Å². The maximum absolute atomic E-state index is 11.8. The van der Waals surface area contributed by atoms with E-state index in [1.54, 1.807) is 0 Å². The standard InChI is InChI=1S/C14H22N2O4S/c1-5-19-13-7-11-6-10(2)20-14(11)8-12(13)9-15-21(17,18)16(3)4/h7-8,10,15H,5-6,9H2,1-4H3/t10-/m1/s1. The third-order valence-corrected chi connectivity index (χ3v) is 4.78. The van der Waals surface area contributed by atoms with Crippen molar-refractivity contribution < 1.29 is 17.9 Å². The fraction of sp³-hybridized carbons (Fsp3) is 0.571. The molecule has 1 aromatic rings. The fourth-order valence-electron chi connectivity index (χ4n) is 2.21. The number of ether oxygens (including phenoxy) is 2. The lowest BCUT2D eigenvalue weighted by molar-refractivity contribution is 0.254. The van der Waals surface area contributed by atoms with Crippen molar-refractivity contribution in [2.24, 2.45) is 0 Å². The summed E-state index contributed by atoms with van der Waals surface area (Å²) in [5.41, 5.74) is 1.88. The molecule has 2 rings (SSSR count). The molecule has 1 aliphatic heterocycles. The Morgan fingerprint density at radius 2 is 2.14 bits per heavy atom. The average molecular weight is 314 g/mol. The SMILES string of the molecule is CCOc1cc2c(cc1CNS(=O)(=O)N(C)C)O[C@H](C)C2. The molecule has 0 saturated heterocycles. The normalized spacial score (nSPS) is 17.7. The molecular weight excluding hydrogens is 292 g/mol. The molecule has 0 aromatic heterocycles. The summed E-state index contributed by atoms with van der Waals surface area (Å²) < 4.78 is 38.6. The molecule has 0 aliphatic carbocycles. The number of hydrogen-bond acceptors (Lipinski definition) is 4. The zero-order valence-electron chi connectivity index (χ0n) is 12.8. The molecule has 1 atom stereocenters. The molecule has 0 amide bonds. The molecule has 1 aliphatic rings. The highest BCUT2D eigenvalue weighted by Crippen LogP contribution is 2.35. The fourth-order valence-corrected chi connectivity index (χ4v) is 2.80. The van der Waals surface area contributed by atoms with E-state index in [1.807, 2.05) is 26.0 Å². The van der Waals surface area contributed by atoms with Gasteiger partial charge in [0.25, 0.3) is 10.2 Å². The molecule has 118 valence electrons. The van der Waals surface area contributed by atoms with Crippen molar-refractivity contribution in [3.63, 3.8) is 0 Å². The summed E-state index contributed by atoms with van der Waals surface area (Å²) in [6, 6.07) is 3.81. The van der Waals surface area contributed by atoms with Crippen LogP contribution in [0.1, 0.15) is 25.0 Å². The second kappa shape index (κ2) is 6.21. The van der Waals surface area contributed by atoms with Gasteiger partial charge in [-0.3, -0.25) is 0 Å². The smallest absolute Gasteiger partial charge is 0.279 e. The van der Waals surface area contributed by atoms with Crippen molar-refractivity contribution in [2.45, 2.75) is 32.9 Å². The highest BCUT2D eigenvalue weighted by molar-refractivity contribution is 7.87. The van der Waals surface area contributed by atoms with Gasteiger partial charge in [-0.15, -0.1) is 0 Å². The van der Waals surface area contributed by atoms with Crippen LogP contribution in [0.5, 0.6) is 11.5 Å². The number of nitrogens with one attached hydrogen (secondary N) is 1. The minimum Gasteiger partial charge on any atom is -0.494 e. The summed E-state index contributed by atoms with van der Waals surface area (Å²) in [7, 11) is -0.495. The van der Waals surface area contributed by atoms with Crippen LogP contribution < -0.4 is 14.2 Å². The van der Waals surface area contributed by atoms with Crippen LogP contribution in [0, 0.1) is 0 Å². The van der Waals surface area contributed by atoms with Crippen LogP contribution in [0.15, 0.2) is 12.1 Å². The van der Waals surface area contributed by atoms with Gasteiger partial charge < -0.3 is 9.47 Å². The average Bonchev–Trinajstić information content (AvgIpc) is 2.75. The maximum atomic E-state index is 11.8. The van der Waals surface area contributed by atoms with Crippen molar-refractivity contribution in [1.82, 2.24) is 9.03 Å². The monoisotopic (exact) mass is 314 g/mol.